The number of ether oxygens (including phenoxy) is 3. The van der Waals surface area contributed by atoms with Gasteiger partial charge in [0.25, 0.3) is 0 Å². The Hall–Kier alpha value is -2.97. The molecule has 0 amide bonds. The van der Waals surface area contributed by atoms with E-state index in [4.69, 9.17) is 14.2 Å². The van der Waals surface area contributed by atoms with Crippen LogP contribution in [0.5, 0.6) is 11.5 Å². The summed E-state index contributed by atoms with van der Waals surface area (Å²) < 4.78 is 32.3. The number of benzene rings is 2. The van der Waals surface area contributed by atoms with Crippen LogP contribution in [0.3, 0.4) is 0 Å². The Morgan fingerprint density at radius 1 is 1.17 bits per heavy atom. The summed E-state index contributed by atoms with van der Waals surface area (Å²) in [4.78, 5) is 5.19. The highest BCUT2D eigenvalue weighted by Gasteiger charge is 2.13. The van der Waals surface area contributed by atoms with Crippen LogP contribution in [-0.4, -0.2) is 44.4 Å². The number of aromatic nitrogens is 1. The third-order valence-corrected chi connectivity index (χ3v) is 5.12. The van der Waals surface area contributed by atoms with E-state index in [2.05, 4.69) is 10.1 Å². The van der Waals surface area contributed by atoms with Gasteiger partial charge in [-0.15, -0.1) is 11.3 Å². The topological polar surface area (TPSA) is 57.3 Å². The van der Waals surface area contributed by atoms with Gasteiger partial charge in [0, 0.05) is 18.1 Å². The van der Waals surface area contributed by atoms with E-state index in [9.17, 15) is 4.39 Å². The average molecular weight is 413 g/mol. The van der Waals surface area contributed by atoms with Crippen LogP contribution in [0.1, 0.15) is 5.56 Å². The Bertz CT molecular complexity index is 1090. The van der Waals surface area contributed by atoms with Gasteiger partial charge < -0.3 is 14.2 Å². The van der Waals surface area contributed by atoms with E-state index in [1.165, 1.54) is 17.4 Å². The van der Waals surface area contributed by atoms with Gasteiger partial charge in [0.2, 0.25) is 4.80 Å². The lowest BCUT2D eigenvalue weighted by molar-refractivity contribution is 0.171. The number of hydrogen-bond acceptors (Lipinski definition) is 6. The molecule has 8 heteroatoms. The molecule has 0 unspecified atom stereocenters. The van der Waals surface area contributed by atoms with Crippen molar-refractivity contribution >= 4 is 17.6 Å². The maximum absolute atomic E-state index is 14.4. The normalized spacial score (nSPS) is 13.9. The minimum atomic E-state index is -0.308. The predicted molar refractivity (Wildman–Crippen MR) is 110 cm³/mol. The molecule has 2 heterocycles. The Kier molecular flexibility index (Phi) is 6.02. The Morgan fingerprint density at radius 2 is 2.00 bits per heavy atom. The summed E-state index contributed by atoms with van der Waals surface area (Å²) in [5.74, 6) is 1.10. The van der Waals surface area contributed by atoms with E-state index in [-0.39, 0.29) is 5.82 Å². The van der Waals surface area contributed by atoms with Crippen molar-refractivity contribution in [2.75, 3.05) is 33.5 Å². The molecule has 0 N–H and O–H groups in total. The summed E-state index contributed by atoms with van der Waals surface area (Å²) >= 11 is 1.40. The first kappa shape index (κ1) is 19.4. The highest BCUT2D eigenvalue weighted by Crippen LogP contribution is 2.30. The molecule has 4 rings (SSSR count). The first-order chi connectivity index (χ1) is 14.3. The largest absolute Gasteiger partial charge is 0.486 e. The molecule has 3 aromatic rings. The second kappa shape index (κ2) is 9.02. The molecule has 0 spiro atoms. The van der Waals surface area contributed by atoms with Gasteiger partial charge in [-0.1, -0.05) is 12.1 Å². The fourth-order valence-corrected chi connectivity index (χ4v) is 3.73. The van der Waals surface area contributed by atoms with Crippen molar-refractivity contribution in [2.45, 2.75) is 0 Å². The van der Waals surface area contributed by atoms with Crippen LogP contribution < -0.4 is 14.3 Å². The lowest BCUT2D eigenvalue weighted by Crippen LogP contribution is -2.15. The molecule has 0 saturated heterocycles. The molecule has 0 fully saturated rings. The van der Waals surface area contributed by atoms with Gasteiger partial charge in [-0.05, 0) is 35.9 Å². The molecule has 0 saturated carbocycles. The Morgan fingerprint density at radius 3 is 2.83 bits per heavy atom. The number of nitrogens with zero attached hydrogens (tertiary/aromatic N) is 3. The SMILES string of the molecule is COCCN=c1scc(-c2ccccc2F)n1N=Cc1ccc2c(c1)OCCO2. The maximum Gasteiger partial charge on any atom is 0.206 e. The van der Waals surface area contributed by atoms with Crippen molar-refractivity contribution in [1.82, 2.24) is 4.68 Å². The van der Waals surface area contributed by atoms with Crippen LogP contribution in [0.15, 0.2) is 57.9 Å². The lowest BCUT2D eigenvalue weighted by Gasteiger charge is -2.18. The molecule has 1 aromatic heterocycles. The molecule has 0 radical (unpaired) electrons. The van der Waals surface area contributed by atoms with Crippen molar-refractivity contribution in [3.05, 3.63) is 64.0 Å². The van der Waals surface area contributed by atoms with Gasteiger partial charge in [-0.25, -0.2) is 9.07 Å². The van der Waals surface area contributed by atoms with Crippen LogP contribution in [-0.2, 0) is 4.74 Å². The number of rotatable bonds is 6. The minimum absolute atomic E-state index is 0.308. The average Bonchev–Trinajstić information content (AvgIpc) is 3.15. The fraction of sp³-hybridized carbons (Fsp3) is 0.238. The van der Waals surface area contributed by atoms with Crippen LogP contribution in [0.2, 0.25) is 0 Å². The van der Waals surface area contributed by atoms with Crippen molar-refractivity contribution in [2.24, 2.45) is 10.1 Å². The molecule has 2 aromatic carbocycles. The van der Waals surface area contributed by atoms with Crippen LogP contribution in [0.25, 0.3) is 11.3 Å². The molecule has 0 aliphatic carbocycles. The second-order valence-corrected chi connectivity index (χ2v) is 7.05. The predicted octanol–water partition coefficient (Wildman–Crippen LogP) is 3.56. The molecule has 1 aliphatic rings. The minimum Gasteiger partial charge on any atom is -0.486 e. The van der Waals surface area contributed by atoms with E-state index in [1.807, 2.05) is 23.6 Å². The molecular formula is C21H20FN3O3S. The maximum atomic E-state index is 14.4. The molecular weight excluding hydrogens is 393 g/mol. The quantitative estimate of drug-likeness (QED) is 0.459. The molecule has 6 nitrogen and oxygen atoms in total. The third-order valence-electron chi connectivity index (χ3n) is 4.27. The summed E-state index contributed by atoms with van der Waals surface area (Å²) in [7, 11) is 1.63. The highest BCUT2D eigenvalue weighted by atomic mass is 32.1. The third kappa shape index (κ3) is 4.38. The van der Waals surface area contributed by atoms with Crippen molar-refractivity contribution in [3.8, 4) is 22.8 Å². The zero-order valence-electron chi connectivity index (χ0n) is 15.9. The summed E-state index contributed by atoms with van der Waals surface area (Å²) in [5, 5.41) is 6.44. The van der Waals surface area contributed by atoms with Crippen molar-refractivity contribution in [1.29, 1.82) is 0 Å². The van der Waals surface area contributed by atoms with Gasteiger partial charge in [0.05, 0.1) is 25.1 Å². The number of methoxy groups -OCH3 is 1. The highest BCUT2D eigenvalue weighted by molar-refractivity contribution is 7.07. The summed E-state index contributed by atoms with van der Waals surface area (Å²) in [6, 6.07) is 12.3. The van der Waals surface area contributed by atoms with E-state index >= 15 is 0 Å². The number of fused-ring (bicyclic) bond motifs is 1. The van der Waals surface area contributed by atoms with Gasteiger partial charge in [-0.3, -0.25) is 4.99 Å². The second-order valence-electron chi connectivity index (χ2n) is 6.22. The summed E-state index contributed by atoms with van der Waals surface area (Å²) in [6.45, 7) is 2.06. The summed E-state index contributed by atoms with van der Waals surface area (Å²) in [6.07, 6.45) is 1.70. The van der Waals surface area contributed by atoms with E-state index in [0.717, 1.165) is 11.3 Å². The van der Waals surface area contributed by atoms with Crippen LogP contribution in [0.4, 0.5) is 4.39 Å². The molecule has 150 valence electrons. The van der Waals surface area contributed by atoms with E-state index in [0.29, 0.717) is 48.2 Å². The zero-order chi connectivity index (χ0) is 20.1. The van der Waals surface area contributed by atoms with Crippen LogP contribution >= 0.6 is 11.3 Å². The van der Waals surface area contributed by atoms with Crippen molar-refractivity contribution < 1.29 is 18.6 Å². The fourth-order valence-electron chi connectivity index (χ4n) is 2.87. The Labute approximate surface area is 171 Å². The van der Waals surface area contributed by atoms with E-state index in [1.54, 1.807) is 36.2 Å². The van der Waals surface area contributed by atoms with Gasteiger partial charge in [0.15, 0.2) is 11.5 Å². The first-order valence-corrected chi connectivity index (χ1v) is 10.0. The molecule has 1 aliphatic heterocycles. The summed E-state index contributed by atoms with van der Waals surface area (Å²) in [5.41, 5.74) is 1.95. The molecule has 29 heavy (non-hydrogen) atoms. The zero-order valence-corrected chi connectivity index (χ0v) is 16.7. The van der Waals surface area contributed by atoms with E-state index < -0.39 is 0 Å². The monoisotopic (exact) mass is 413 g/mol. The number of hydrogen-bond donors (Lipinski definition) is 0. The Balaban J connectivity index is 1.73. The lowest BCUT2D eigenvalue weighted by atomic mass is 10.1. The number of thiazole rings is 1. The van der Waals surface area contributed by atoms with Crippen LogP contribution in [0, 0.1) is 5.82 Å². The number of halogens is 1. The van der Waals surface area contributed by atoms with Crippen molar-refractivity contribution in [3.63, 3.8) is 0 Å². The smallest absolute Gasteiger partial charge is 0.206 e. The molecule has 0 atom stereocenters. The van der Waals surface area contributed by atoms with Gasteiger partial charge >= 0.3 is 0 Å². The molecule has 0 bridgehead atoms. The van der Waals surface area contributed by atoms with Gasteiger partial charge in [-0.2, -0.15) is 5.10 Å². The van der Waals surface area contributed by atoms with Gasteiger partial charge in [0.1, 0.15) is 19.0 Å². The first-order valence-electron chi connectivity index (χ1n) is 9.15. The standard InChI is InChI=1S/C21H20FN3O3S/c1-26-9-8-23-21-25(18(14-29-21)16-4-2-3-5-17(16)22)24-13-15-6-7-19-20(12-15)28-11-10-27-19/h2-7,12-14H,8-11H2,1H3.